The number of para-hydroxylation sites is 1. The van der Waals surface area contributed by atoms with E-state index in [1.165, 1.54) is 16.2 Å². The maximum Gasteiger partial charge on any atom is 0.267 e. The number of sulfonamides is 1. The van der Waals surface area contributed by atoms with Crippen molar-refractivity contribution in [2.24, 2.45) is 4.99 Å². The molecule has 3 aromatic rings. The van der Waals surface area contributed by atoms with Crippen LogP contribution in [0, 0.1) is 0 Å². The lowest BCUT2D eigenvalue weighted by atomic mass is 10.2. The monoisotopic (exact) mass is 369 g/mol. The van der Waals surface area contributed by atoms with E-state index in [1.54, 1.807) is 35.6 Å². The molecule has 0 N–H and O–H groups in total. The van der Waals surface area contributed by atoms with Gasteiger partial charge in [-0.05, 0) is 17.7 Å². The Kier molecular flexibility index (Phi) is 4.10. The molecule has 0 amide bonds. The van der Waals surface area contributed by atoms with Crippen LogP contribution in [0.25, 0.3) is 0 Å². The summed E-state index contributed by atoms with van der Waals surface area (Å²) in [4.78, 5) is 9.04. The second-order valence-electron chi connectivity index (χ2n) is 5.66. The standard InChI is InChI=1S/C18H15N3O2S2/c22-25(23)17-9-5-4-8-16(17)19-13-21(25)11-15-12-24-18(20-15)10-14-6-2-1-3-7-14/h1-9,12-13H,10-11H2. The predicted octanol–water partition coefficient (Wildman–Crippen LogP) is 3.60. The van der Waals surface area contributed by atoms with E-state index >= 15 is 0 Å². The van der Waals surface area contributed by atoms with Gasteiger partial charge in [-0.3, -0.25) is 4.31 Å². The molecule has 0 fully saturated rings. The normalized spacial score (nSPS) is 15.1. The number of nitrogens with zero attached hydrogens (tertiary/aromatic N) is 3. The molecule has 126 valence electrons. The van der Waals surface area contributed by atoms with Crippen LogP contribution in [-0.4, -0.2) is 24.0 Å². The summed E-state index contributed by atoms with van der Waals surface area (Å²) < 4.78 is 26.7. The molecule has 1 aliphatic rings. The average Bonchev–Trinajstić information content (AvgIpc) is 3.06. The van der Waals surface area contributed by atoms with Gasteiger partial charge >= 0.3 is 0 Å². The van der Waals surface area contributed by atoms with Gasteiger partial charge in [0, 0.05) is 11.8 Å². The number of thiazole rings is 1. The van der Waals surface area contributed by atoms with Crippen LogP contribution in [0.2, 0.25) is 0 Å². The molecule has 0 spiro atoms. The van der Waals surface area contributed by atoms with Crippen molar-refractivity contribution in [2.45, 2.75) is 17.9 Å². The largest absolute Gasteiger partial charge is 0.267 e. The van der Waals surface area contributed by atoms with Crippen molar-refractivity contribution in [2.75, 3.05) is 0 Å². The van der Waals surface area contributed by atoms with Crippen LogP contribution in [0.5, 0.6) is 0 Å². The van der Waals surface area contributed by atoms with Crippen molar-refractivity contribution in [3.63, 3.8) is 0 Å². The Morgan fingerprint density at radius 2 is 1.76 bits per heavy atom. The van der Waals surface area contributed by atoms with E-state index in [0.717, 1.165) is 17.1 Å². The van der Waals surface area contributed by atoms with Crippen molar-refractivity contribution in [3.8, 4) is 0 Å². The van der Waals surface area contributed by atoms with Gasteiger partial charge in [-0.15, -0.1) is 11.3 Å². The molecule has 2 aromatic carbocycles. The third-order valence-corrected chi connectivity index (χ3v) is 6.53. The molecule has 4 rings (SSSR count). The molecule has 5 nitrogen and oxygen atoms in total. The van der Waals surface area contributed by atoms with Crippen molar-refractivity contribution >= 4 is 33.4 Å². The van der Waals surface area contributed by atoms with Gasteiger partial charge in [-0.25, -0.2) is 18.4 Å². The van der Waals surface area contributed by atoms with Crippen LogP contribution >= 0.6 is 11.3 Å². The summed E-state index contributed by atoms with van der Waals surface area (Å²) in [6.45, 7) is 0.186. The van der Waals surface area contributed by atoms with E-state index in [0.29, 0.717) is 5.69 Å². The summed E-state index contributed by atoms with van der Waals surface area (Å²) in [6.07, 6.45) is 2.11. The van der Waals surface area contributed by atoms with E-state index in [4.69, 9.17) is 0 Å². The number of rotatable bonds is 4. The quantitative estimate of drug-likeness (QED) is 0.706. The zero-order valence-corrected chi connectivity index (χ0v) is 14.9. The van der Waals surface area contributed by atoms with E-state index in [-0.39, 0.29) is 11.4 Å². The fourth-order valence-corrected chi connectivity index (χ4v) is 4.84. The summed E-state index contributed by atoms with van der Waals surface area (Å²) in [5.41, 5.74) is 2.39. The van der Waals surface area contributed by atoms with Gasteiger partial charge in [0.15, 0.2) is 0 Å². The van der Waals surface area contributed by atoms with Crippen LogP contribution < -0.4 is 0 Å². The lowest BCUT2D eigenvalue weighted by molar-refractivity contribution is 0.518. The van der Waals surface area contributed by atoms with Crippen molar-refractivity contribution in [3.05, 3.63) is 76.2 Å². The molecule has 1 aromatic heterocycles. The summed E-state index contributed by atoms with van der Waals surface area (Å²) in [5, 5.41) is 2.87. The highest BCUT2D eigenvalue weighted by Crippen LogP contribution is 2.30. The van der Waals surface area contributed by atoms with Gasteiger partial charge in [0.1, 0.15) is 11.2 Å². The number of aliphatic imine (C=N–C) groups is 1. The minimum atomic E-state index is -3.58. The molecule has 0 atom stereocenters. The Labute approximate surface area is 150 Å². The highest BCUT2D eigenvalue weighted by Gasteiger charge is 2.28. The van der Waals surface area contributed by atoms with Gasteiger partial charge in [-0.1, -0.05) is 42.5 Å². The molecule has 0 unspecified atom stereocenters. The smallest absolute Gasteiger partial charge is 0.250 e. The van der Waals surface area contributed by atoms with E-state index in [9.17, 15) is 8.42 Å². The van der Waals surface area contributed by atoms with Crippen molar-refractivity contribution in [1.82, 2.24) is 9.29 Å². The minimum Gasteiger partial charge on any atom is -0.250 e. The van der Waals surface area contributed by atoms with Crippen LogP contribution in [0.1, 0.15) is 16.3 Å². The van der Waals surface area contributed by atoms with E-state index in [1.807, 2.05) is 23.6 Å². The Bertz CT molecular complexity index is 1030. The number of hydrogen-bond acceptors (Lipinski definition) is 5. The zero-order valence-electron chi connectivity index (χ0n) is 13.2. The molecule has 7 heteroatoms. The summed E-state index contributed by atoms with van der Waals surface area (Å²) in [5.74, 6) is 0. The van der Waals surface area contributed by atoms with Gasteiger partial charge < -0.3 is 0 Å². The second-order valence-corrected chi connectivity index (χ2v) is 8.46. The van der Waals surface area contributed by atoms with Crippen molar-refractivity contribution in [1.29, 1.82) is 0 Å². The minimum absolute atomic E-state index is 0.186. The third-order valence-electron chi connectivity index (χ3n) is 3.89. The molecule has 0 saturated heterocycles. The van der Waals surface area contributed by atoms with Gasteiger partial charge in [-0.2, -0.15) is 0 Å². The lowest BCUT2D eigenvalue weighted by Gasteiger charge is -2.23. The Hall–Kier alpha value is -2.51. The van der Waals surface area contributed by atoms with Crippen molar-refractivity contribution < 1.29 is 8.42 Å². The number of fused-ring (bicyclic) bond motifs is 1. The van der Waals surface area contributed by atoms with Crippen LogP contribution in [0.3, 0.4) is 0 Å². The first-order chi connectivity index (χ1) is 12.1. The molecule has 1 aliphatic heterocycles. The summed E-state index contributed by atoms with van der Waals surface area (Å²) >= 11 is 1.54. The number of hydrogen-bond donors (Lipinski definition) is 0. The van der Waals surface area contributed by atoms with Gasteiger partial charge in [0.2, 0.25) is 0 Å². The Morgan fingerprint density at radius 1 is 1.00 bits per heavy atom. The lowest BCUT2D eigenvalue weighted by Crippen LogP contribution is -2.31. The average molecular weight is 369 g/mol. The molecule has 0 radical (unpaired) electrons. The van der Waals surface area contributed by atoms with Gasteiger partial charge in [0.05, 0.1) is 22.9 Å². The summed E-state index contributed by atoms with van der Waals surface area (Å²) in [7, 11) is -3.58. The fraction of sp³-hybridized carbons (Fsp3) is 0.111. The molecular weight excluding hydrogens is 354 g/mol. The number of aromatic nitrogens is 1. The van der Waals surface area contributed by atoms with Crippen LogP contribution in [-0.2, 0) is 23.0 Å². The molecule has 0 aliphatic carbocycles. The third kappa shape index (κ3) is 3.20. The van der Waals surface area contributed by atoms with E-state index in [2.05, 4.69) is 22.1 Å². The maximum atomic E-state index is 12.7. The molecular formula is C18H15N3O2S2. The highest BCUT2D eigenvalue weighted by molar-refractivity contribution is 7.89. The second kappa shape index (κ2) is 6.42. The first-order valence-electron chi connectivity index (χ1n) is 7.75. The Morgan fingerprint density at radius 3 is 2.60 bits per heavy atom. The predicted molar refractivity (Wildman–Crippen MR) is 98.7 cm³/mol. The number of benzene rings is 2. The summed E-state index contributed by atoms with van der Waals surface area (Å²) in [6, 6.07) is 16.8. The topological polar surface area (TPSA) is 62.6 Å². The van der Waals surface area contributed by atoms with E-state index < -0.39 is 10.0 Å². The van der Waals surface area contributed by atoms with Gasteiger partial charge in [0.25, 0.3) is 10.0 Å². The molecule has 0 saturated carbocycles. The van der Waals surface area contributed by atoms with Crippen LogP contribution in [0.15, 0.2) is 69.9 Å². The maximum absolute atomic E-state index is 12.7. The molecule has 25 heavy (non-hydrogen) atoms. The highest BCUT2D eigenvalue weighted by atomic mass is 32.2. The first-order valence-corrected chi connectivity index (χ1v) is 10.1. The fourth-order valence-electron chi connectivity index (χ4n) is 2.66. The Balaban J connectivity index is 1.54. The SMILES string of the molecule is O=S1(=O)c2ccccc2N=CN1Cc1csc(Cc2ccccc2)n1. The zero-order chi connectivity index (χ0) is 17.3. The van der Waals surface area contributed by atoms with Crippen LogP contribution in [0.4, 0.5) is 5.69 Å². The first kappa shape index (κ1) is 16.0. The molecule has 0 bridgehead atoms. The molecule has 2 heterocycles.